The second-order valence-electron chi connectivity index (χ2n) is 5.74. The second kappa shape index (κ2) is 5.12. The van der Waals surface area contributed by atoms with Crippen molar-refractivity contribution in [2.75, 3.05) is 13.1 Å². The van der Waals surface area contributed by atoms with Crippen molar-refractivity contribution in [3.63, 3.8) is 0 Å². The molecule has 1 aromatic heterocycles. The highest BCUT2D eigenvalue weighted by Crippen LogP contribution is 2.33. The van der Waals surface area contributed by atoms with Crippen LogP contribution in [-0.4, -0.2) is 34.1 Å². The number of carbonyl (C=O) groups is 1. The summed E-state index contributed by atoms with van der Waals surface area (Å²) in [5.74, 6) is 0.0700. The molecule has 3 rings (SSSR count). The molecule has 20 heavy (non-hydrogen) atoms. The van der Waals surface area contributed by atoms with Crippen LogP contribution in [0.15, 0.2) is 42.7 Å². The van der Waals surface area contributed by atoms with Gasteiger partial charge in [-0.2, -0.15) is 5.10 Å². The summed E-state index contributed by atoms with van der Waals surface area (Å²) < 4.78 is 0. The normalized spacial score (nSPS) is 22.8. The van der Waals surface area contributed by atoms with Gasteiger partial charge < -0.3 is 4.90 Å². The van der Waals surface area contributed by atoms with Crippen LogP contribution in [0, 0.1) is 0 Å². The molecule has 0 bridgehead atoms. The van der Waals surface area contributed by atoms with Crippen LogP contribution in [0.25, 0.3) is 0 Å². The van der Waals surface area contributed by atoms with Gasteiger partial charge in [0.1, 0.15) is 0 Å². The quantitative estimate of drug-likeness (QED) is 0.911. The summed E-state index contributed by atoms with van der Waals surface area (Å²) >= 11 is 0. The molecule has 0 aliphatic carbocycles. The van der Waals surface area contributed by atoms with E-state index in [1.54, 1.807) is 12.4 Å². The number of carbonyl (C=O) groups excluding carboxylic acids is 1. The average molecular weight is 269 g/mol. The topological polar surface area (TPSA) is 49.0 Å². The van der Waals surface area contributed by atoms with Crippen LogP contribution in [0.5, 0.6) is 0 Å². The monoisotopic (exact) mass is 269 g/mol. The molecule has 104 valence electrons. The molecule has 1 aliphatic rings. The van der Waals surface area contributed by atoms with Crippen LogP contribution in [0.4, 0.5) is 0 Å². The molecule has 4 heteroatoms. The summed E-state index contributed by atoms with van der Waals surface area (Å²) in [5.41, 5.74) is 1.99. The molecular formula is C16H19N3O. The van der Waals surface area contributed by atoms with Gasteiger partial charge >= 0.3 is 0 Å². The van der Waals surface area contributed by atoms with Crippen LogP contribution in [0.1, 0.15) is 35.7 Å². The van der Waals surface area contributed by atoms with Crippen molar-refractivity contribution < 1.29 is 4.79 Å². The Bertz CT molecular complexity index is 579. The molecule has 1 atom stereocenters. The summed E-state index contributed by atoms with van der Waals surface area (Å²) in [6.07, 6.45) is 5.41. The first kappa shape index (κ1) is 12.9. The Labute approximate surface area is 118 Å². The summed E-state index contributed by atoms with van der Waals surface area (Å²) in [6, 6.07) is 10.5. The molecule has 2 aromatic rings. The first-order valence-electron chi connectivity index (χ1n) is 7.03. The Balaban J connectivity index is 1.82. The lowest BCUT2D eigenvalue weighted by molar-refractivity contribution is 0.0651. The largest absolute Gasteiger partial charge is 0.338 e. The molecule has 1 amide bonds. The van der Waals surface area contributed by atoms with Gasteiger partial charge in [-0.05, 0) is 18.4 Å². The Morgan fingerprint density at radius 3 is 2.85 bits per heavy atom. The van der Waals surface area contributed by atoms with Crippen molar-refractivity contribution in [3.8, 4) is 0 Å². The maximum Gasteiger partial charge on any atom is 0.257 e. The van der Waals surface area contributed by atoms with E-state index in [0.29, 0.717) is 5.56 Å². The number of hydrogen-bond acceptors (Lipinski definition) is 2. The predicted molar refractivity (Wildman–Crippen MR) is 77.5 cm³/mol. The number of H-pyrrole nitrogens is 1. The van der Waals surface area contributed by atoms with Crippen molar-refractivity contribution in [2.24, 2.45) is 0 Å². The minimum Gasteiger partial charge on any atom is -0.338 e. The summed E-state index contributed by atoms with van der Waals surface area (Å²) in [6.45, 7) is 3.84. The molecule has 0 radical (unpaired) electrons. The first-order chi connectivity index (χ1) is 9.69. The molecule has 1 N–H and O–H groups in total. The molecule has 4 nitrogen and oxygen atoms in total. The van der Waals surface area contributed by atoms with E-state index in [9.17, 15) is 4.79 Å². The van der Waals surface area contributed by atoms with Crippen molar-refractivity contribution in [1.82, 2.24) is 15.1 Å². The fraction of sp³-hybridized carbons (Fsp3) is 0.375. The van der Waals surface area contributed by atoms with Gasteiger partial charge in [0.15, 0.2) is 0 Å². The van der Waals surface area contributed by atoms with Crippen molar-refractivity contribution in [3.05, 3.63) is 53.9 Å². The first-order valence-corrected chi connectivity index (χ1v) is 7.03. The molecule has 1 saturated heterocycles. The van der Waals surface area contributed by atoms with E-state index in [4.69, 9.17) is 0 Å². The summed E-state index contributed by atoms with van der Waals surface area (Å²) in [5, 5.41) is 6.56. The highest BCUT2D eigenvalue weighted by atomic mass is 16.2. The Kier molecular flexibility index (Phi) is 3.30. The van der Waals surface area contributed by atoms with Crippen molar-refractivity contribution in [2.45, 2.75) is 25.2 Å². The Morgan fingerprint density at radius 2 is 2.15 bits per heavy atom. The predicted octanol–water partition coefficient (Wildman–Crippen LogP) is 2.60. The number of hydrogen-bond donors (Lipinski definition) is 1. The van der Waals surface area contributed by atoms with E-state index in [1.165, 1.54) is 5.56 Å². The Hall–Kier alpha value is -2.10. The molecule has 1 unspecified atom stereocenters. The van der Waals surface area contributed by atoms with Crippen LogP contribution < -0.4 is 0 Å². The van der Waals surface area contributed by atoms with E-state index in [2.05, 4.69) is 41.4 Å². The van der Waals surface area contributed by atoms with Gasteiger partial charge in [0.05, 0.1) is 11.8 Å². The van der Waals surface area contributed by atoms with E-state index in [1.807, 2.05) is 11.0 Å². The number of piperidine rings is 1. The average Bonchev–Trinajstić information content (AvgIpc) is 3.02. The lowest BCUT2D eigenvalue weighted by Crippen LogP contribution is -2.47. The van der Waals surface area contributed by atoms with Crippen LogP contribution in [0.3, 0.4) is 0 Å². The molecule has 1 fully saturated rings. The molecular weight excluding hydrogens is 250 g/mol. The van der Waals surface area contributed by atoms with E-state index in [0.717, 1.165) is 25.9 Å². The van der Waals surface area contributed by atoms with Gasteiger partial charge in [-0.15, -0.1) is 0 Å². The number of nitrogens with one attached hydrogen (secondary N) is 1. The maximum atomic E-state index is 12.4. The zero-order valence-corrected chi connectivity index (χ0v) is 11.7. The van der Waals surface area contributed by atoms with Crippen LogP contribution in [0.2, 0.25) is 0 Å². The highest BCUT2D eigenvalue weighted by Gasteiger charge is 2.34. The van der Waals surface area contributed by atoms with Crippen molar-refractivity contribution >= 4 is 5.91 Å². The fourth-order valence-electron chi connectivity index (χ4n) is 3.04. The molecule has 2 heterocycles. The second-order valence-corrected chi connectivity index (χ2v) is 5.74. The van der Waals surface area contributed by atoms with Gasteiger partial charge in [-0.3, -0.25) is 9.89 Å². The third-order valence-corrected chi connectivity index (χ3v) is 4.20. The number of amides is 1. The minimum atomic E-state index is 0.0406. The third-order valence-electron chi connectivity index (χ3n) is 4.20. The fourth-order valence-corrected chi connectivity index (χ4v) is 3.04. The summed E-state index contributed by atoms with van der Waals surface area (Å²) in [4.78, 5) is 14.4. The number of aromatic amines is 1. The zero-order chi connectivity index (χ0) is 14.0. The van der Waals surface area contributed by atoms with Crippen molar-refractivity contribution in [1.29, 1.82) is 0 Å². The third kappa shape index (κ3) is 2.33. The summed E-state index contributed by atoms with van der Waals surface area (Å²) in [7, 11) is 0. The SMILES string of the molecule is CC1(c2ccccc2)CCCN(C(=O)c2cn[nH]c2)C1. The highest BCUT2D eigenvalue weighted by molar-refractivity contribution is 5.93. The van der Waals surface area contributed by atoms with Crippen LogP contribution in [-0.2, 0) is 5.41 Å². The van der Waals surface area contributed by atoms with Gasteiger partial charge in [-0.25, -0.2) is 0 Å². The van der Waals surface area contributed by atoms with Gasteiger partial charge in [0.2, 0.25) is 0 Å². The molecule has 0 saturated carbocycles. The van der Waals surface area contributed by atoms with Gasteiger partial charge in [0, 0.05) is 24.7 Å². The smallest absolute Gasteiger partial charge is 0.257 e. The van der Waals surface area contributed by atoms with Gasteiger partial charge in [-0.1, -0.05) is 37.3 Å². The lowest BCUT2D eigenvalue weighted by atomic mass is 9.76. The number of likely N-dealkylation sites (tertiary alicyclic amines) is 1. The van der Waals surface area contributed by atoms with Crippen LogP contribution >= 0.6 is 0 Å². The van der Waals surface area contributed by atoms with E-state index >= 15 is 0 Å². The minimum absolute atomic E-state index is 0.0406. The standard InChI is InChI=1S/C16H19N3O/c1-16(14-6-3-2-4-7-14)8-5-9-19(12-16)15(20)13-10-17-18-11-13/h2-4,6-7,10-11H,5,8-9,12H2,1H3,(H,17,18). The molecule has 1 aromatic carbocycles. The number of aromatic nitrogens is 2. The van der Waals surface area contributed by atoms with E-state index < -0.39 is 0 Å². The molecule has 1 aliphatic heterocycles. The Morgan fingerprint density at radius 1 is 1.35 bits per heavy atom. The zero-order valence-electron chi connectivity index (χ0n) is 11.7. The number of benzene rings is 1. The van der Waals surface area contributed by atoms with E-state index in [-0.39, 0.29) is 11.3 Å². The number of rotatable bonds is 2. The lowest BCUT2D eigenvalue weighted by Gasteiger charge is -2.40. The van der Waals surface area contributed by atoms with Gasteiger partial charge in [0.25, 0.3) is 5.91 Å². The number of nitrogens with zero attached hydrogens (tertiary/aromatic N) is 2. The molecule has 0 spiro atoms. The maximum absolute atomic E-state index is 12.4.